The van der Waals surface area contributed by atoms with Crippen molar-refractivity contribution in [3.8, 4) is 0 Å². The van der Waals surface area contributed by atoms with Crippen molar-refractivity contribution in [2.45, 2.75) is 40.5 Å². The molecule has 0 spiro atoms. The van der Waals surface area contributed by atoms with Gasteiger partial charge in [0.15, 0.2) is 0 Å². The van der Waals surface area contributed by atoms with E-state index < -0.39 is 0 Å². The minimum Gasteiger partial charge on any atom is -0.337 e. The highest BCUT2D eigenvalue weighted by atomic mass is 16.2. The van der Waals surface area contributed by atoms with Gasteiger partial charge in [-0.1, -0.05) is 13.8 Å². The van der Waals surface area contributed by atoms with Gasteiger partial charge >= 0.3 is 0 Å². The molecule has 108 valence electrons. The highest BCUT2D eigenvalue weighted by Crippen LogP contribution is 2.16. The summed E-state index contributed by atoms with van der Waals surface area (Å²) in [5.41, 5.74) is 3.50. The lowest BCUT2D eigenvalue weighted by Crippen LogP contribution is -2.33. The minimum absolute atomic E-state index is 0.0857. The standard InChI is InChI=1S/C16H23N3O/c1-5-8-18(9-6-2)16(20)15-13(4)17-14-11-12(3)7-10-19(14)15/h7,10-11H,5-6,8-9H2,1-4H3. The Bertz CT molecular complexity index is 609. The summed E-state index contributed by atoms with van der Waals surface area (Å²) in [6.45, 7) is 9.73. The fraction of sp³-hybridized carbons (Fsp3) is 0.500. The van der Waals surface area contributed by atoms with Crippen molar-refractivity contribution in [2.75, 3.05) is 13.1 Å². The fourth-order valence-corrected chi connectivity index (χ4v) is 2.53. The second kappa shape index (κ2) is 6.07. The summed E-state index contributed by atoms with van der Waals surface area (Å²) < 4.78 is 1.91. The van der Waals surface area contributed by atoms with E-state index in [1.54, 1.807) is 0 Å². The third-order valence-corrected chi connectivity index (χ3v) is 3.43. The van der Waals surface area contributed by atoms with Gasteiger partial charge in [0.25, 0.3) is 5.91 Å². The van der Waals surface area contributed by atoms with Gasteiger partial charge in [0, 0.05) is 19.3 Å². The monoisotopic (exact) mass is 273 g/mol. The average Bonchev–Trinajstić information content (AvgIpc) is 2.72. The molecule has 0 N–H and O–H groups in total. The van der Waals surface area contributed by atoms with E-state index in [0.717, 1.165) is 42.8 Å². The number of aromatic nitrogens is 2. The summed E-state index contributed by atoms with van der Waals surface area (Å²) in [5, 5.41) is 0. The molecule has 2 rings (SSSR count). The number of imidazole rings is 1. The third kappa shape index (κ3) is 2.69. The zero-order chi connectivity index (χ0) is 14.7. The van der Waals surface area contributed by atoms with E-state index >= 15 is 0 Å². The Kier molecular flexibility index (Phi) is 4.42. The van der Waals surface area contributed by atoms with Gasteiger partial charge in [0.05, 0.1) is 5.69 Å². The number of rotatable bonds is 5. The van der Waals surface area contributed by atoms with E-state index in [-0.39, 0.29) is 5.91 Å². The molecule has 0 saturated heterocycles. The summed E-state index contributed by atoms with van der Waals surface area (Å²) in [4.78, 5) is 19.2. The largest absolute Gasteiger partial charge is 0.337 e. The van der Waals surface area contributed by atoms with Crippen molar-refractivity contribution in [2.24, 2.45) is 0 Å². The molecule has 2 aromatic rings. The molecular weight excluding hydrogens is 250 g/mol. The molecule has 0 aromatic carbocycles. The predicted octanol–water partition coefficient (Wildman–Crippen LogP) is 3.21. The van der Waals surface area contributed by atoms with Crippen LogP contribution in [0.5, 0.6) is 0 Å². The molecule has 1 amide bonds. The number of nitrogens with zero attached hydrogens (tertiary/aromatic N) is 3. The summed E-state index contributed by atoms with van der Waals surface area (Å²) in [7, 11) is 0. The van der Waals surface area contributed by atoms with E-state index in [1.807, 2.05) is 41.5 Å². The van der Waals surface area contributed by atoms with Crippen LogP contribution in [-0.2, 0) is 0 Å². The van der Waals surface area contributed by atoms with Crippen LogP contribution < -0.4 is 0 Å². The smallest absolute Gasteiger partial charge is 0.272 e. The molecule has 0 saturated carbocycles. The van der Waals surface area contributed by atoms with Crippen molar-refractivity contribution >= 4 is 11.6 Å². The van der Waals surface area contributed by atoms with Gasteiger partial charge in [-0.25, -0.2) is 4.98 Å². The van der Waals surface area contributed by atoms with Crippen LogP contribution in [0, 0.1) is 13.8 Å². The molecule has 4 heteroatoms. The van der Waals surface area contributed by atoms with Crippen molar-refractivity contribution in [3.63, 3.8) is 0 Å². The second-order valence-corrected chi connectivity index (χ2v) is 5.27. The molecule has 0 fully saturated rings. The van der Waals surface area contributed by atoms with E-state index in [1.165, 1.54) is 0 Å². The normalized spacial score (nSPS) is 11.0. The van der Waals surface area contributed by atoms with Gasteiger partial charge in [-0.05, 0) is 44.4 Å². The zero-order valence-electron chi connectivity index (χ0n) is 12.8. The molecule has 0 unspecified atom stereocenters. The zero-order valence-corrected chi connectivity index (χ0v) is 12.8. The number of hydrogen-bond donors (Lipinski definition) is 0. The summed E-state index contributed by atoms with van der Waals surface area (Å²) in [6.07, 6.45) is 3.88. The Balaban J connectivity index is 2.45. The molecule has 0 atom stereocenters. The fourth-order valence-electron chi connectivity index (χ4n) is 2.53. The summed E-state index contributed by atoms with van der Waals surface area (Å²) in [5.74, 6) is 0.0857. The molecule has 2 heterocycles. The molecule has 0 radical (unpaired) electrons. The van der Waals surface area contributed by atoms with Gasteiger partial charge in [-0.3, -0.25) is 9.20 Å². The Morgan fingerprint density at radius 3 is 2.50 bits per heavy atom. The number of carbonyl (C=O) groups is 1. The highest BCUT2D eigenvalue weighted by Gasteiger charge is 2.21. The van der Waals surface area contributed by atoms with Crippen molar-refractivity contribution < 1.29 is 4.79 Å². The summed E-state index contributed by atoms with van der Waals surface area (Å²) >= 11 is 0. The maximum absolute atomic E-state index is 12.8. The third-order valence-electron chi connectivity index (χ3n) is 3.43. The van der Waals surface area contributed by atoms with Gasteiger partial charge in [-0.2, -0.15) is 0 Å². The molecule has 20 heavy (non-hydrogen) atoms. The average molecular weight is 273 g/mol. The topological polar surface area (TPSA) is 37.6 Å². The first-order valence-electron chi connectivity index (χ1n) is 7.33. The van der Waals surface area contributed by atoms with Crippen LogP contribution in [0.2, 0.25) is 0 Å². The van der Waals surface area contributed by atoms with Crippen molar-refractivity contribution in [3.05, 3.63) is 35.3 Å². The number of pyridine rings is 1. The second-order valence-electron chi connectivity index (χ2n) is 5.27. The van der Waals surface area contributed by atoms with Crippen LogP contribution in [-0.4, -0.2) is 33.3 Å². The molecule has 0 aliphatic carbocycles. The van der Waals surface area contributed by atoms with Crippen LogP contribution in [0.25, 0.3) is 5.65 Å². The van der Waals surface area contributed by atoms with Crippen molar-refractivity contribution in [1.29, 1.82) is 0 Å². The molecule has 0 aliphatic rings. The van der Waals surface area contributed by atoms with Crippen LogP contribution >= 0.6 is 0 Å². The van der Waals surface area contributed by atoms with Crippen molar-refractivity contribution in [1.82, 2.24) is 14.3 Å². The molecular formula is C16H23N3O. The summed E-state index contributed by atoms with van der Waals surface area (Å²) in [6, 6.07) is 4.02. The Hall–Kier alpha value is -1.84. The number of amides is 1. The van der Waals surface area contributed by atoms with Crippen LogP contribution in [0.4, 0.5) is 0 Å². The van der Waals surface area contributed by atoms with Gasteiger partial charge < -0.3 is 4.90 Å². The maximum atomic E-state index is 12.8. The quantitative estimate of drug-likeness (QED) is 0.839. The molecule has 2 aromatic heterocycles. The van der Waals surface area contributed by atoms with E-state index in [0.29, 0.717) is 5.69 Å². The van der Waals surface area contributed by atoms with E-state index in [2.05, 4.69) is 18.8 Å². The first-order valence-corrected chi connectivity index (χ1v) is 7.33. The first kappa shape index (κ1) is 14.6. The lowest BCUT2D eigenvalue weighted by Gasteiger charge is -2.21. The first-order chi connectivity index (χ1) is 9.58. The molecule has 4 nitrogen and oxygen atoms in total. The maximum Gasteiger partial charge on any atom is 0.272 e. The van der Waals surface area contributed by atoms with Gasteiger partial charge in [-0.15, -0.1) is 0 Å². The van der Waals surface area contributed by atoms with Crippen LogP contribution in [0.15, 0.2) is 18.3 Å². The number of carbonyl (C=O) groups excluding carboxylic acids is 1. The highest BCUT2D eigenvalue weighted by molar-refractivity contribution is 5.94. The predicted molar refractivity (Wildman–Crippen MR) is 81.2 cm³/mol. The Morgan fingerprint density at radius 1 is 1.25 bits per heavy atom. The number of fused-ring (bicyclic) bond motifs is 1. The lowest BCUT2D eigenvalue weighted by molar-refractivity contribution is 0.0748. The number of hydrogen-bond acceptors (Lipinski definition) is 2. The number of aryl methyl sites for hydroxylation is 2. The van der Waals surface area contributed by atoms with Gasteiger partial charge in [0.1, 0.15) is 11.3 Å². The SMILES string of the molecule is CCCN(CCC)C(=O)c1c(C)nc2cc(C)ccn12. The molecule has 0 bridgehead atoms. The molecule has 0 aliphatic heterocycles. The minimum atomic E-state index is 0.0857. The van der Waals surface area contributed by atoms with E-state index in [4.69, 9.17) is 0 Å². The Labute approximate surface area is 120 Å². The van der Waals surface area contributed by atoms with Crippen LogP contribution in [0.1, 0.15) is 48.4 Å². The van der Waals surface area contributed by atoms with Gasteiger partial charge in [0.2, 0.25) is 0 Å². The lowest BCUT2D eigenvalue weighted by atomic mass is 10.2. The van der Waals surface area contributed by atoms with E-state index in [9.17, 15) is 4.79 Å². The van der Waals surface area contributed by atoms with Crippen LogP contribution in [0.3, 0.4) is 0 Å². The Morgan fingerprint density at radius 2 is 1.90 bits per heavy atom.